The standard InChI is InChI=1S/C16H16BrN3O2S/c17-12-2-1-3-14(10-12)22-9-8-19-16(23)20-13-6-4-11(5-7-13)15(18)21/h1-7,10H,8-9H2,(H2,18,21)(H2,19,20,23). The van der Waals surface area contributed by atoms with Gasteiger partial charge in [-0.25, -0.2) is 0 Å². The van der Waals surface area contributed by atoms with Crippen LogP contribution in [-0.4, -0.2) is 24.2 Å². The highest BCUT2D eigenvalue weighted by Gasteiger charge is 2.01. The summed E-state index contributed by atoms with van der Waals surface area (Å²) in [5.41, 5.74) is 6.42. The molecule has 0 unspecified atom stereocenters. The monoisotopic (exact) mass is 393 g/mol. The quantitative estimate of drug-likeness (QED) is 0.519. The van der Waals surface area contributed by atoms with Crippen molar-refractivity contribution in [1.29, 1.82) is 0 Å². The average Bonchev–Trinajstić information content (AvgIpc) is 2.52. The van der Waals surface area contributed by atoms with Crippen molar-refractivity contribution < 1.29 is 9.53 Å². The van der Waals surface area contributed by atoms with Crippen molar-refractivity contribution in [3.05, 3.63) is 58.6 Å². The molecule has 2 aromatic carbocycles. The summed E-state index contributed by atoms with van der Waals surface area (Å²) in [4.78, 5) is 11.0. The fourth-order valence-electron chi connectivity index (χ4n) is 1.78. The van der Waals surface area contributed by atoms with Gasteiger partial charge < -0.3 is 21.1 Å². The van der Waals surface area contributed by atoms with E-state index >= 15 is 0 Å². The predicted octanol–water partition coefficient (Wildman–Crippen LogP) is 2.91. The molecule has 0 spiro atoms. The maximum atomic E-state index is 11.0. The molecule has 0 aliphatic heterocycles. The summed E-state index contributed by atoms with van der Waals surface area (Å²) in [5.74, 6) is 0.337. The van der Waals surface area contributed by atoms with E-state index in [1.54, 1.807) is 24.3 Å². The van der Waals surface area contributed by atoms with E-state index in [9.17, 15) is 4.79 Å². The zero-order chi connectivity index (χ0) is 16.7. The number of ether oxygens (including phenoxy) is 1. The molecule has 23 heavy (non-hydrogen) atoms. The zero-order valence-corrected chi connectivity index (χ0v) is 14.6. The van der Waals surface area contributed by atoms with Gasteiger partial charge in [-0.1, -0.05) is 22.0 Å². The topological polar surface area (TPSA) is 76.4 Å². The van der Waals surface area contributed by atoms with Crippen molar-refractivity contribution in [3.63, 3.8) is 0 Å². The van der Waals surface area contributed by atoms with Gasteiger partial charge in [0.05, 0.1) is 6.54 Å². The molecule has 0 aliphatic rings. The number of anilines is 1. The second kappa shape index (κ2) is 8.50. The van der Waals surface area contributed by atoms with Crippen LogP contribution in [0.2, 0.25) is 0 Å². The Hall–Kier alpha value is -2.12. The first-order chi connectivity index (χ1) is 11.0. The molecule has 0 fully saturated rings. The van der Waals surface area contributed by atoms with Gasteiger partial charge in [0.25, 0.3) is 0 Å². The molecular weight excluding hydrogens is 378 g/mol. The van der Waals surface area contributed by atoms with E-state index in [-0.39, 0.29) is 0 Å². The SMILES string of the molecule is NC(=O)c1ccc(NC(=S)NCCOc2cccc(Br)c2)cc1. The number of carbonyl (C=O) groups is 1. The number of benzene rings is 2. The minimum atomic E-state index is -0.457. The van der Waals surface area contributed by atoms with Crippen molar-refractivity contribution >= 4 is 44.9 Å². The van der Waals surface area contributed by atoms with Gasteiger partial charge in [-0.2, -0.15) is 0 Å². The Morgan fingerprint density at radius 1 is 1.22 bits per heavy atom. The third kappa shape index (κ3) is 5.88. The Labute approximate surface area is 148 Å². The van der Waals surface area contributed by atoms with Crippen LogP contribution in [-0.2, 0) is 0 Å². The molecule has 0 radical (unpaired) electrons. The molecule has 0 heterocycles. The third-order valence-electron chi connectivity index (χ3n) is 2.88. The molecule has 0 saturated heterocycles. The fourth-order valence-corrected chi connectivity index (χ4v) is 2.38. The number of rotatable bonds is 6. The number of hydrogen-bond acceptors (Lipinski definition) is 3. The lowest BCUT2D eigenvalue weighted by Crippen LogP contribution is -2.31. The van der Waals surface area contributed by atoms with E-state index in [1.165, 1.54) is 0 Å². The lowest BCUT2D eigenvalue weighted by atomic mass is 10.2. The van der Waals surface area contributed by atoms with Crippen LogP contribution in [0.5, 0.6) is 5.75 Å². The summed E-state index contributed by atoms with van der Waals surface area (Å²) in [7, 11) is 0. The molecule has 0 saturated carbocycles. The van der Waals surface area contributed by atoms with E-state index < -0.39 is 5.91 Å². The summed E-state index contributed by atoms with van der Waals surface area (Å²) in [6.45, 7) is 1.05. The van der Waals surface area contributed by atoms with Crippen LogP contribution in [0.3, 0.4) is 0 Å². The highest BCUT2D eigenvalue weighted by Crippen LogP contribution is 2.17. The number of primary amides is 1. The predicted molar refractivity (Wildman–Crippen MR) is 98.8 cm³/mol. The van der Waals surface area contributed by atoms with Crippen LogP contribution >= 0.6 is 28.1 Å². The Kier molecular flexibility index (Phi) is 6.37. The van der Waals surface area contributed by atoms with Crippen molar-refractivity contribution in [2.75, 3.05) is 18.5 Å². The average molecular weight is 394 g/mol. The van der Waals surface area contributed by atoms with E-state index in [2.05, 4.69) is 26.6 Å². The Bertz CT molecular complexity index is 692. The molecule has 0 atom stereocenters. The first-order valence-corrected chi connectivity index (χ1v) is 8.08. The van der Waals surface area contributed by atoms with E-state index in [4.69, 9.17) is 22.7 Å². The lowest BCUT2D eigenvalue weighted by molar-refractivity contribution is 0.100. The Morgan fingerprint density at radius 2 is 1.96 bits per heavy atom. The molecule has 5 nitrogen and oxygen atoms in total. The van der Waals surface area contributed by atoms with Crippen molar-refractivity contribution in [2.24, 2.45) is 5.73 Å². The van der Waals surface area contributed by atoms with E-state index in [0.29, 0.717) is 23.8 Å². The number of hydrogen-bond donors (Lipinski definition) is 3. The Morgan fingerprint density at radius 3 is 2.61 bits per heavy atom. The number of carbonyl (C=O) groups excluding carboxylic acids is 1. The molecule has 120 valence electrons. The van der Waals surface area contributed by atoms with Gasteiger partial charge in [0, 0.05) is 15.7 Å². The second-order valence-corrected chi connectivity index (χ2v) is 5.95. The van der Waals surface area contributed by atoms with Crippen LogP contribution in [0.15, 0.2) is 53.0 Å². The fraction of sp³-hybridized carbons (Fsp3) is 0.125. The summed E-state index contributed by atoms with van der Waals surface area (Å²) in [6, 6.07) is 14.4. The highest BCUT2D eigenvalue weighted by molar-refractivity contribution is 9.10. The molecule has 1 amide bonds. The molecule has 7 heteroatoms. The number of amides is 1. The lowest BCUT2D eigenvalue weighted by Gasteiger charge is -2.11. The van der Waals surface area contributed by atoms with Gasteiger partial charge in [0.15, 0.2) is 5.11 Å². The molecule has 0 aromatic heterocycles. The summed E-state index contributed by atoms with van der Waals surface area (Å²) >= 11 is 8.58. The summed E-state index contributed by atoms with van der Waals surface area (Å²) in [5, 5.41) is 6.55. The Balaban J connectivity index is 1.71. The first kappa shape index (κ1) is 17.2. The van der Waals surface area contributed by atoms with Crippen LogP contribution in [0.4, 0.5) is 5.69 Å². The summed E-state index contributed by atoms with van der Waals surface area (Å²) in [6.07, 6.45) is 0. The van der Waals surface area contributed by atoms with Gasteiger partial charge in [0.2, 0.25) is 5.91 Å². The maximum Gasteiger partial charge on any atom is 0.248 e. The minimum Gasteiger partial charge on any atom is -0.492 e. The normalized spacial score (nSPS) is 9.96. The zero-order valence-electron chi connectivity index (χ0n) is 12.2. The molecule has 2 aromatic rings. The number of thiocarbonyl (C=S) groups is 1. The van der Waals surface area contributed by atoms with Crippen LogP contribution < -0.4 is 21.1 Å². The first-order valence-electron chi connectivity index (χ1n) is 6.87. The molecule has 4 N–H and O–H groups in total. The van der Waals surface area contributed by atoms with Crippen LogP contribution in [0, 0.1) is 0 Å². The maximum absolute atomic E-state index is 11.0. The van der Waals surface area contributed by atoms with Gasteiger partial charge in [0.1, 0.15) is 12.4 Å². The number of nitrogens with one attached hydrogen (secondary N) is 2. The highest BCUT2D eigenvalue weighted by atomic mass is 79.9. The molecule has 0 aliphatic carbocycles. The minimum absolute atomic E-state index is 0.455. The summed E-state index contributed by atoms with van der Waals surface area (Å²) < 4.78 is 6.57. The van der Waals surface area contributed by atoms with Crippen molar-refractivity contribution in [1.82, 2.24) is 5.32 Å². The smallest absolute Gasteiger partial charge is 0.248 e. The van der Waals surface area contributed by atoms with Gasteiger partial charge in [-0.15, -0.1) is 0 Å². The van der Waals surface area contributed by atoms with Gasteiger partial charge in [-0.3, -0.25) is 4.79 Å². The molecule has 2 rings (SSSR count). The number of nitrogens with two attached hydrogens (primary N) is 1. The third-order valence-corrected chi connectivity index (χ3v) is 3.62. The van der Waals surface area contributed by atoms with Crippen molar-refractivity contribution in [2.45, 2.75) is 0 Å². The van der Waals surface area contributed by atoms with E-state index in [0.717, 1.165) is 15.9 Å². The van der Waals surface area contributed by atoms with E-state index in [1.807, 2.05) is 24.3 Å². The van der Waals surface area contributed by atoms with Crippen LogP contribution in [0.1, 0.15) is 10.4 Å². The van der Waals surface area contributed by atoms with Crippen LogP contribution in [0.25, 0.3) is 0 Å². The van der Waals surface area contributed by atoms with Gasteiger partial charge >= 0.3 is 0 Å². The van der Waals surface area contributed by atoms with Crippen molar-refractivity contribution in [3.8, 4) is 5.75 Å². The molecular formula is C16H16BrN3O2S. The molecule has 0 bridgehead atoms. The second-order valence-electron chi connectivity index (χ2n) is 4.63. The number of halogens is 1. The van der Waals surface area contributed by atoms with Gasteiger partial charge in [-0.05, 0) is 54.7 Å². The largest absolute Gasteiger partial charge is 0.492 e.